The average molecular weight is 248 g/mol. The Morgan fingerprint density at radius 1 is 1.44 bits per heavy atom. The lowest BCUT2D eigenvalue weighted by Gasteiger charge is -2.09. The van der Waals surface area contributed by atoms with Crippen LogP contribution in [0.25, 0.3) is 0 Å². The number of hydrogen-bond acceptors (Lipinski definition) is 2. The summed E-state index contributed by atoms with van der Waals surface area (Å²) in [5, 5.41) is 20.2. The van der Waals surface area contributed by atoms with E-state index in [4.69, 9.17) is 5.41 Å². The molecule has 0 aromatic heterocycles. The number of amidine groups is 1. The van der Waals surface area contributed by atoms with Gasteiger partial charge >= 0.3 is 0 Å². The number of benzene rings is 1. The number of nitrogens with zero attached hydrogens (tertiary/aromatic N) is 1. The molecule has 18 heavy (non-hydrogen) atoms. The van der Waals surface area contributed by atoms with Gasteiger partial charge in [-0.1, -0.05) is 12.1 Å². The zero-order chi connectivity index (χ0) is 13.8. The quantitative estimate of drug-likeness (QED) is 0.253. The molecule has 0 aliphatic heterocycles. The van der Waals surface area contributed by atoms with Gasteiger partial charge in [-0.3, -0.25) is 10.6 Å². The molecular formula is C14H22N3O+. The molecule has 1 rings (SSSR count). The SMILES string of the molecule is CC(=N)NCc1cccc(/C=[N+](\O)C(C)(C)C)c1. The Balaban J connectivity index is 2.86. The number of hydrogen-bond donors (Lipinski definition) is 3. The Kier molecular flexibility index (Phi) is 4.48. The van der Waals surface area contributed by atoms with Crippen molar-refractivity contribution in [2.75, 3.05) is 0 Å². The van der Waals surface area contributed by atoms with Crippen molar-refractivity contribution in [2.24, 2.45) is 0 Å². The van der Waals surface area contributed by atoms with Crippen LogP contribution < -0.4 is 5.32 Å². The second-order valence-electron chi connectivity index (χ2n) is 5.37. The van der Waals surface area contributed by atoms with Crippen molar-refractivity contribution in [3.05, 3.63) is 35.4 Å². The predicted molar refractivity (Wildman–Crippen MR) is 73.6 cm³/mol. The standard InChI is InChI=1S/C14H22N3O/c1-11(15)16-9-12-6-5-7-13(8-12)10-17(18)14(2,3)4/h5-8,10,18H,9H2,1-4H3,(H2,15,16)/q+1/b17-10-. The van der Waals surface area contributed by atoms with E-state index in [9.17, 15) is 5.21 Å². The van der Waals surface area contributed by atoms with Gasteiger partial charge < -0.3 is 5.32 Å². The summed E-state index contributed by atoms with van der Waals surface area (Å²) in [6, 6.07) is 7.87. The van der Waals surface area contributed by atoms with Crippen LogP contribution in [0.2, 0.25) is 0 Å². The van der Waals surface area contributed by atoms with Crippen LogP contribution in [-0.4, -0.2) is 27.5 Å². The van der Waals surface area contributed by atoms with Crippen molar-refractivity contribution in [2.45, 2.75) is 39.8 Å². The van der Waals surface area contributed by atoms with Crippen LogP contribution in [0.5, 0.6) is 0 Å². The maximum Gasteiger partial charge on any atom is 0.223 e. The second-order valence-corrected chi connectivity index (χ2v) is 5.37. The molecule has 3 N–H and O–H groups in total. The summed E-state index contributed by atoms with van der Waals surface area (Å²) in [7, 11) is 0. The number of hydroxylamine groups is 1. The summed E-state index contributed by atoms with van der Waals surface area (Å²) in [5.41, 5.74) is 1.70. The fourth-order valence-electron chi connectivity index (χ4n) is 1.35. The molecule has 0 amide bonds. The van der Waals surface area contributed by atoms with E-state index in [0.29, 0.717) is 12.4 Å². The van der Waals surface area contributed by atoms with Gasteiger partial charge in [0.1, 0.15) is 0 Å². The van der Waals surface area contributed by atoms with Gasteiger partial charge in [0.2, 0.25) is 11.8 Å². The molecule has 1 aromatic carbocycles. The van der Waals surface area contributed by atoms with E-state index in [2.05, 4.69) is 5.32 Å². The predicted octanol–water partition coefficient (Wildman–Crippen LogP) is 2.39. The highest BCUT2D eigenvalue weighted by molar-refractivity contribution is 5.77. The van der Waals surface area contributed by atoms with E-state index in [0.717, 1.165) is 11.1 Å². The van der Waals surface area contributed by atoms with Crippen LogP contribution in [0.4, 0.5) is 0 Å². The highest BCUT2D eigenvalue weighted by atomic mass is 16.5. The van der Waals surface area contributed by atoms with Gasteiger partial charge in [0, 0.05) is 32.9 Å². The minimum Gasteiger partial charge on any atom is -0.370 e. The van der Waals surface area contributed by atoms with Gasteiger partial charge in [0.05, 0.1) is 5.84 Å². The van der Waals surface area contributed by atoms with E-state index < -0.39 is 0 Å². The molecule has 0 fully saturated rings. The van der Waals surface area contributed by atoms with Gasteiger partial charge in [-0.15, -0.1) is 0 Å². The van der Waals surface area contributed by atoms with E-state index in [1.54, 1.807) is 13.1 Å². The van der Waals surface area contributed by atoms with Gasteiger partial charge in [0.15, 0.2) is 0 Å². The maximum atomic E-state index is 9.88. The minimum atomic E-state index is -0.320. The van der Waals surface area contributed by atoms with Crippen molar-refractivity contribution in [1.82, 2.24) is 5.32 Å². The molecule has 0 saturated carbocycles. The van der Waals surface area contributed by atoms with E-state index >= 15 is 0 Å². The lowest BCUT2D eigenvalue weighted by atomic mass is 10.1. The van der Waals surface area contributed by atoms with Crippen LogP contribution in [0.15, 0.2) is 24.3 Å². The molecule has 0 saturated heterocycles. The third kappa shape index (κ3) is 4.57. The zero-order valence-electron chi connectivity index (χ0n) is 11.5. The summed E-state index contributed by atoms with van der Waals surface area (Å²) >= 11 is 0. The molecule has 0 unspecified atom stereocenters. The molecule has 0 aliphatic rings. The topological polar surface area (TPSA) is 59.1 Å². The van der Waals surface area contributed by atoms with E-state index in [-0.39, 0.29) is 5.54 Å². The zero-order valence-corrected chi connectivity index (χ0v) is 11.5. The molecule has 0 radical (unpaired) electrons. The van der Waals surface area contributed by atoms with Crippen molar-refractivity contribution in [1.29, 1.82) is 5.41 Å². The Morgan fingerprint density at radius 2 is 2.11 bits per heavy atom. The molecule has 98 valence electrons. The Bertz CT molecular complexity index is 458. The highest BCUT2D eigenvalue weighted by Crippen LogP contribution is 2.07. The van der Waals surface area contributed by atoms with E-state index in [1.807, 2.05) is 45.0 Å². The van der Waals surface area contributed by atoms with E-state index in [1.165, 1.54) is 4.74 Å². The fourth-order valence-corrected chi connectivity index (χ4v) is 1.35. The van der Waals surface area contributed by atoms with Crippen LogP contribution in [0.1, 0.15) is 38.8 Å². The van der Waals surface area contributed by atoms with Crippen LogP contribution >= 0.6 is 0 Å². The minimum absolute atomic E-state index is 0.320. The summed E-state index contributed by atoms with van der Waals surface area (Å²) < 4.78 is 1.21. The average Bonchev–Trinajstić information content (AvgIpc) is 2.25. The first-order chi connectivity index (χ1) is 8.29. The molecule has 0 aliphatic carbocycles. The summed E-state index contributed by atoms with van der Waals surface area (Å²) in [5.74, 6) is 0.447. The van der Waals surface area contributed by atoms with Crippen LogP contribution in [0, 0.1) is 5.41 Å². The summed E-state index contributed by atoms with van der Waals surface area (Å²) in [4.78, 5) is 0. The highest BCUT2D eigenvalue weighted by Gasteiger charge is 2.23. The van der Waals surface area contributed by atoms with Crippen molar-refractivity contribution < 1.29 is 9.95 Å². The third-order valence-electron chi connectivity index (χ3n) is 2.47. The Labute approximate surface area is 108 Å². The van der Waals surface area contributed by atoms with Crippen LogP contribution in [0.3, 0.4) is 0 Å². The largest absolute Gasteiger partial charge is 0.370 e. The molecule has 0 spiro atoms. The first kappa shape index (κ1) is 14.2. The molecule has 4 nitrogen and oxygen atoms in total. The van der Waals surface area contributed by atoms with Crippen molar-refractivity contribution in [3.63, 3.8) is 0 Å². The molecule has 0 bridgehead atoms. The van der Waals surface area contributed by atoms with Crippen molar-refractivity contribution in [3.8, 4) is 0 Å². The fraction of sp³-hybridized carbons (Fsp3) is 0.429. The molecule has 0 heterocycles. The summed E-state index contributed by atoms with van der Waals surface area (Å²) in [6.07, 6.45) is 1.71. The normalized spacial score (nSPS) is 12.3. The molecule has 0 atom stereocenters. The number of nitrogens with one attached hydrogen (secondary N) is 2. The third-order valence-corrected chi connectivity index (χ3v) is 2.47. The molecule has 1 aromatic rings. The molecule has 4 heteroatoms. The Morgan fingerprint density at radius 3 is 2.67 bits per heavy atom. The van der Waals surface area contributed by atoms with Crippen molar-refractivity contribution >= 4 is 12.1 Å². The van der Waals surface area contributed by atoms with Gasteiger partial charge in [-0.25, -0.2) is 0 Å². The summed E-state index contributed by atoms with van der Waals surface area (Å²) in [6.45, 7) is 8.15. The molecular weight excluding hydrogens is 226 g/mol. The maximum absolute atomic E-state index is 9.88. The first-order valence-corrected chi connectivity index (χ1v) is 6.00. The van der Waals surface area contributed by atoms with Gasteiger partial charge in [-0.05, 0) is 29.4 Å². The first-order valence-electron chi connectivity index (χ1n) is 6.00. The lowest BCUT2D eigenvalue weighted by Crippen LogP contribution is -2.31. The van der Waals surface area contributed by atoms with Gasteiger partial charge in [-0.2, -0.15) is 0 Å². The second kappa shape index (κ2) is 5.67. The van der Waals surface area contributed by atoms with Gasteiger partial charge in [0.25, 0.3) is 0 Å². The Hall–Kier alpha value is -1.84. The number of rotatable bonds is 3. The lowest BCUT2D eigenvalue weighted by molar-refractivity contribution is -0.816. The van der Waals surface area contributed by atoms with Crippen LogP contribution in [-0.2, 0) is 6.54 Å². The smallest absolute Gasteiger partial charge is 0.223 e. The monoisotopic (exact) mass is 248 g/mol.